The molecule has 1 aliphatic rings. The Labute approximate surface area is 148 Å². The van der Waals surface area contributed by atoms with Crippen LogP contribution < -0.4 is 0 Å². The molecular weight excluding hydrogens is 326 g/mol. The molecule has 1 aliphatic carbocycles. The largest absolute Gasteiger partial charge is 0.511 e. The number of hydrogen-bond donors (Lipinski definition) is 1. The Balaban J connectivity index is 3.04. The summed E-state index contributed by atoms with van der Waals surface area (Å²) in [5.41, 5.74) is 0.871. The molecule has 5 nitrogen and oxygen atoms in total. The average molecular weight is 358 g/mol. The lowest BCUT2D eigenvalue weighted by Gasteiger charge is -2.31. The lowest BCUT2D eigenvalue weighted by atomic mass is 9.76. The molecule has 0 aromatic heterocycles. The standard InChI is InChI=1S/C18H31NO4S/c1-6-9-15(19-23-7-2)17-16(20)11-14(13(5)18(17)21)10-12(4)24(22)8-3/h12-14,21H,6-11H2,1-5H3. The molecule has 1 rings (SSSR count). The second-order valence-electron chi connectivity index (χ2n) is 6.36. The quantitative estimate of drug-likeness (QED) is 0.503. The molecule has 1 N–H and O–H groups in total. The van der Waals surface area contributed by atoms with Gasteiger partial charge in [-0.25, -0.2) is 0 Å². The van der Waals surface area contributed by atoms with Crippen LogP contribution in [0.5, 0.6) is 0 Å². The first-order valence-corrected chi connectivity index (χ1v) is 10.3. The van der Waals surface area contributed by atoms with Gasteiger partial charge in [-0.15, -0.1) is 0 Å². The molecule has 24 heavy (non-hydrogen) atoms. The van der Waals surface area contributed by atoms with Gasteiger partial charge in [0.1, 0.15) is 12.4 Å². The van der Waals surface area contributed by atoms with Crippen molar-refractivity contribution in [3.63, 3.8) is 0 Å². The predicted octanol–water partition coefficient (Wildman–Crippen LogP) is 3.76. The number of carbonyl (C=O) groups is 1. The van der Waals surface area contributed by atoms with Crippen LogP contribution in [0.1, 0.15) is 60.3 Å². The van der Waals surface area contributed by atoms with Gasteiger partial charge in [-0.3, -0.25) is 9.00 Å². The third-order valence-electron chi connectivity index (χ3n) is 4.57. The minimum absolute atomic E-state index is 0.0155. The van der Waals surface area contributed by atoms with Gasteiger partial charge in [0.15, 0.2) is 5.78 Å². The third kappa shape index (κ3) is 5.16. The van der Waals surface area contributed by atoms with Crippen LogP contribution in [0.2, 0.25) is 0 Å². The van der Waals surface area contributed by atoms with Crippen LogP contribution in [0.4, 0.5) is 0 Å². The fourth-order valence-corrected chi connectivity index (χ4v) is 4.15. The SMILES string of the molecule is CCCC(=NOCC)C1=C(O)C(C)C(CC(C)S(=O)CC)CC1=O. The molecule has 0 bridgehead atoms. The van der Waals surface area contributed by atoms with E-state index in [1.54, 1.807) is 0 Å². The highest BCUT2D eigenvalue weighted by atomic mass is 32.2. The predicted molar refractivity (Wildman–Crippen MR) is 98.7 cm³/mol. The summed E-state index contributed by atoms with van der Waals surface area (Å²) in [6.45, 7) is 10.0. The Kier molecular flexibility index (Phi) is 8.67. The molecule has 0 heterocycles. The zero-order valence-electron chi connectivity index (χ0n) is 15.5. The molecule has 0 aliphatic heterocycles. The van der Waals surface area contributed by atoms with E-state index in [0.717, 1.165) is 6.42 Å². The zero-order valence-corrected chi connectivity index (χ0v) is 16.3. The summed E-state index contributed by atoms with van der Waals surface area (Å²) < 4.78 is 11.9. The number of nitrogens with zero attached hydrogens (tertiary/aromatic N) is 1. The summed E-state index contributed by atoms with van der Waals surface area (Å²) in [6, 6.07) is 0. The summed E-state index contributed by atoms with van der Waals surface area (Å²) in [5.74, 6) is 0.513. The van der Waals surface area contributed by atoms with Crippen LogP contribution in [0, 0.1) is 11.8 Å². The van der Waals surface area contributed by atoms with E-state index in [-0.39, 0.29) is 28.6 Å². The Morgan fingerprint density at radius 2 is 2.08 bits per heavy atom. The van der Waals surface area contributed by atoms with Gasteiger partial charge < -0.3 is 9.94 Å². The monoisotopic (exact) mass is 357 g/mol. The Hall–Kier alpha value is -1.17. The second kappa shape index (κ2) is 9.97. The maximum atomic E-state index is 12.6. The molecule has 0 saturated carbocycles. The molecule has 4 unspecified atom stereocenters. The van der Waals surface area contributed by atoms with Gasteiger partial charge in [-0.2, -0.15) is 0 Å². The van der Waals surface area contributed by atoms with Gasteiger partial charge in [0.05, 0.1) is 11.3 Å². The van der Waals surface area contributed by atoms with E-state index in [1.807, 2.05) is 34.6 Å². The molecular formula is C18H31NO4S. The van der Waals surface area contributed by atoms with Crippen LogP contribution in [-0.2, 0) is 20.4 Å². The molecule has 0 aromatic rings. The topological polar surface area (TPSA) is 76.0 Å². The minimum Gasteiger partial charge on any atom is -0.511 e. The van der Waals surface area contributed by atoms with Crippen molar-refractivity contribution in [3.8, 4) is 0 Å². The molecule has 0 spiro atoms. The third-order valence-corrected chi connectivity index (χ3v) is 6.23. The summed E-state index contributed by atoms with van der Waals surface area (Å²) in [5, 5.41) is 14.7. The molecule has 0 aromatic carbocycles. The van der Waals surface area contributed by atoms with Crippen LogP contribution >= 0.6 is 0 Å². The van der Waals surface area contributed by atoms with Gasteiger partial charge in [0.2, 0.25) is 0 Å². The van der Waals surface area contributed by atoms with Crippen molar-refractivity contribution in [1.29, 1.82) is 0 Å². The van der Waals surface area contributed by atoms with Crippen molar-refractivity contribution in [2.24, 2.45) is 17.0 Å². The van der Waals surface area contributed by atoms with E-state index in [9.17, 15) is 14.1 Å². The average Bonchev–Trinajstić information content (AvgIpc) is 2.56. The molecule has 0 radical (unpaired) electrons. The molecule has 0 fully saturated rings. The maximum absolute atomic E-state index is 12.6. The molecule has 0 saturated heterocycles. The van der Waals surface area contributed by atoms with Crippen molar-refractivity contribution in [1.82, 2.24) is 0 Å². The van der Waals surface area contributed by atoms with Crippen molar-refractivity contribution in [2.45, 2.75) is 65.6 Å². The first-order valence-electron chi connectivity index (χ1n) is 8.89. The molecule has 4 atom stereocenters. The highest BCUT2D eigenvalue weighted by Crippen LogP contribution is 2.36. The fraction of sp³-hybridized carbons (Fsp3) is 0.778. The van der Waals surface area contributed by atoms with Gasteiger partial charge in [0, 0.05) is 34.1 Å². The van der Waals surface area contributed by atoms with E-state index in [2.05, 4.69) is 5.16 Å². The molecule has 0 amide bonds. The summed E-state index contributed by atoms with van der Waals surface area (Å²) >= 11 is 0. The fourth-order valence-electron chi connectivity index (χ4n) is 3.12. The number of allylic oxidation sites excluding steroid dienone is 2. The highest BCUT2D eigenvalue weighted by molar-refractivity contribution is 7.85. The van der Waals surface area contributed by atoms with Crippen LogP contribution in [0.25, 0.3) is 0 Å². The van der Waals surface area contributed by atoms with E-state index >= 15 is 0 Å². The van der Waals surface area contributed by atoms with Gasteiger partial charge >= 0.3 is 0 Å². The molecule has 138 valence electrons. The molecule has 6 heteroatoms. The minimum atomic E-state index is -0.888. The van der Waals surface area contributed by atoms with Crippen molar-refractivity contribution < 1.29 is 18.9 Å². The number of oxime groups is 1. The number of ketones is 1. The van der Waals surface area contributed by atoms with Crippen molar-refractivity contribution >= 4 is 22.3 Å². The highest BCUT2D eigenvalue weighted by Gasteiger charge is 2.36. The Morgan fingerprint density at radius 3 is 2.62 bits per heavy atom. The van der Waals surface area contributed by atoms with E-state index in [0.29, 0.717) is 42.9 Å². The summed E-state index contributed by atoms with van der Waals surface area (Å²) in [6.07, 6.45) is 2.45. The lowest BCUT2D eigenvalue weighted by Crippen LogP contribution is -2.32. The first kappa shape index (κ1) is 20.9. The number of rotatable bonds is 9. The van der Waals surface area contributed by atoms with Crippen molar-refractivity contribution in [2.75, 3.05) is 12.4 Å². The Morgan fingerprint density at radius 1 is 1.42 bits per heavy atom. The van der Waals surface area contributed by atoms with E-state index < -0.39 is 10.8 Å². The van der Waals surface area contributed by atoms with Gasteiger partial charge in [-0.1, -0.05) is 39.3 Å². The summed E-state index contributed by atoms with van der Waals surface area (Å²) in [4.78, 5) is 17.8. The van der Waals surface area contributed by atoms with Gasteiger partial charge in [0.25, 0.3) is 0 Å². The summed E-state index contributed by atoms with van der Waals surface area (Å²) in [7, 11) is -0.888. The first-order chi connectivity index (χ1) is 11.4. The number of hydrogen-bond acceptors (Lipinski definition) is 5. The van der Waals surface area contributed by atoms with E-state index in [1.165, 1.54) is 0 Å². The smallest absolute Gasteiger partial charge is 0.168 e. The normalized spacial score (nSPS) is 24.9. The zero-order chi connectivity index (χ0) is 18.3. The van der Waals surface area contributed by atoms with Crippen LogP contribution in [-0.4, -0.2) is 38.4 Å². The van der Waals surface area contributed by atoms with Crippen molar-refractivity contribution in [3.05, 3.63) is 11.3 Å². The number of aliphatic hydroxyl groups excluding tert-OH is 1. The maximum Gasteiger partial charge on any atom is 0.168 e. The number of Topliss-reactive ketones (excluding diaryl/α,β-unsaturated/α-hetero) is 1. The second-order valence-corrected chi connectivity index (χ2v) is 8.50. The number of carbonyl (C=O) groups excluding carboxylic acids is 1. The van der Waals surface area contributed by atoms with E-state index in [4.69, 9.17) is 4.84 Å². The van der Waals surface area contributed by atoms with Crippen LogP contribution in [0.3, 0.4) is 0 Å². The van der Waals surface area contributed by atoms with Gasteiger partial charge in [-0.05, 0) is 25.7 Å². The van der Waals surface area contributed by atoms with Crippen LogP contribution in [0.15, 0.2) is 16.5 Å². The number of aliphatic hydroxyl groups is 1. The Bertz CT molecular complexity index is 527. The lowest BCUT2D eigenvalue weighted by molar-refractivity contribution is -0.117.